The van der Waals surface area contributed by atoms with Gasteiger partial charge in [-0.05, 0) is 100 Å². The Kier molecular flexibility index (Phi) is 15.4. The van der Waals surface area contributed by atoms with Crippen molar-refractivity contribution in [1.82, 2.24) is 9.04 Å². The SMILES string of the molecule is C#CCOc1ccc(C(C(C)C(C)C(CC(I)C(C)(C)C(CC(C)(C)C)c2ccc(SN(OC)C(=O)C(F)(F)F)cc2)n2c3ccccc3c3ccccc32)C(C)(C)C)cc1. The molecule has 10 heteroatoms. The molecular weight excluding hydrogens is 905 g/mol. The summed E-state index contributed by atoms with van der Waals surface area (Å²) in [6, 6.07) is 33.7. The zero-order valence-corrected chi connectivity index (χ0v) is 40.4. The predicted molar refractivity (Wildman–Crippen MR) is 255 cm³/mol. The van der Waals surface area contributed by atoms with Crippen LogP contribution in [0.5, 0.6) is 5.75 Å². The second-order valence-electron chi connectivity index (χ2n) is 19.3. The zero-order chi connectivity index (χ0) is 45.1. The van der Waals surface area contributed by atoms with Gasteiger partial charge in [0.1, 0.15) is 12.4 Å². The van der Waals surface area contributed by atoms with Crippen LogP contribution in [0.25, 0.3) is 21.8 Å². The van der Waals surface area contributed by atoms with Crippen LogP contribution in [0.4, 0.5) is 13.2 Å². The molecule has 328 valence electrons. The van der Waals surface area contributed by atoms with Gasteiger partial charge in [0.25, 0.3) is 0 Å². The number of rotatable bonds is 16. The van der Waals surface area contributed by atoms with Gasteiger partial charge in [0.15, 0.2) is 0 Å². The fourth-order valence-electron chi connectivity index (χ4n) is 9.29. The molecule has 0 bridgehead atoms. The standard InChI is InChI=1S/C51H62F3IN2O3S/c1-13-30-60-37-26-22-36(23-27-37)46(49(7,8)9)34(3)33(2)44(56-42-20-16-14-18-39(42)40-19-15-17-21-43(40)56)31-45(55)50(10,11)41(32-48(4,5)6)35-24-28-38(29-25-35)61-57(59-12)47(58)51(52,53)54/h1,14-29,33-34,41,44-46H,30-32H2,2-12H3. The van der Waals surface area contributed by atoms with E-state index in [9.17, 15) is 18.0 Å². The van der Waals surface area contributed by atoms with Gasteiger partial charge in [-0.3, -0.25) is 9.63 Å². The average Bonchev–Trinajstić information content (AvgIpc) is 3.53. The van der Waals surface area contributed by atoms with E-state index in [1.807, 2.05) is 24.3 Å². The van der Waals surface area contributed by atoms with Crippen molar-refractivity contribution < 1.29 is 27.5 Å². The van der Waals surface area contributed by atoms with Crippen molar-refractivity contribution >= 4 is 62.3 Å². The smallest absolute Gasteiger partial charge is 0.474 e. The lowest BCUT2D eigenvalue weighted by atomic mass is 9.63. The summed E-state index contributed by atoms with van der Waals surface area (Å²) in [5.74, 6) is 2.08. The molecule has 1 amide bonds. The van der Waals surface area contributed by atoms with Gasteiger partial charge in [0.05, 0.1) is 7.11 Å². The van der Waals surface area contributed by atoms with Gasteiger partial charge in [0.2, 0.25) is 0 Å². The van der Waals surface area contributed by atoms with E-state index in [4.69, 9.17) is 16.0 Å². The van der Waals surface area contributed by atoms with Gasteiger partial charge in [-0.15, -0.1) is 10.9 Å². The number of para-hydroxylation sites is 2. The van der Waals surface area contributed by atoms with E-state index in [-0.39, 0.29) is 61.0 Å². The van der Waals surface area contributed by atoms with Crippen LogP contribution in [0.1, 0.15) is 111 Å². The highest BCUT2D eigenvalue weighted by Crippen LogP contribution is 2.53. The maximum absolute atomic E-state index is 13.3. The third-order valence-electron chi connectivity index (χ3n) is 12.4. The van der Waals surface area contributed by atoms with Crippen molar-refractivity contribution in [3.05, 3.63) is 108 Å². The molecule has 5 rings (SSSR count). The number of aromatic nitrogens is 1. The molecule has 1 heterocycles. The molecule has 0 saturated carbocycles. The number of hydrogen-bond donors (Lipinski definition) is 0. The molecule has 5 aromatic rings. The Morgan fingerprint density at radius 2 is 1.33 bits per heavy atom. The maximum Gasteiger partial charge on any atom is 0.474 e. The third kappa shape index (κ3) is 11.3. The van der Waals surface area contributed by atoms with Gasteiger partial charge in [-0.1, -0.05) is 158 Å². The van der Waals surface area contributed by atoms with Crippen molar-refractivity contribution in [1.29, 1.82) is 0 Å². The summed E-state index contributed by atoms with van der Waals surface area (Å²) in [4.78, 5) is 17.3. The Bertz CT molecular complexity index is 2230. The molecule has 0 aliphatic rings. The molecular formula is C51H62F3IN2O3S. The van der Waals surface area contributed by atoms with Crippen LogP contribution in [-0.2, 0) is 9.63 Å². The number of nitrogens with zero attached hydrogens (tertiary/aromatic N) is 2. The summed E-state index contributed by atoms with van der Waals surface area (Å²) < 4.78 is 48.7. The average molecular weight is 967 g/mol. The topological polar surface area (TPSA) is 43.7 Å². The number of halogens is 4. The van der Waals surface area contributed by atoms with Crippen LogP contribution >= 0.6 is 34.5 Å². The van der Waals surface area contributed by atoms with E-state index >= 15 is 0 Å². The molecule has 0 aliphatic carbocycles. The minimum atomic E-state index is -5.05. The molecule has 0 spiro atoms. The van der Waals surface area contributed by atoms with E-state index in [2.05, 4.69) is 163 Å². The molecule has 0 saturated heterocycles. The first-order valence-electron chi connectivity index (χ1n) is 21.0. The second kappa shape index (κ2) is 19.4. The molecule has 4 aromatic carbocycles. The lowest BCUT2D eigenvalue weighted by Crippen LogP contribution is -2.38. The number of hydroxylamine groups is 1. The third-order valence-corrected chi connectivity index (χ3v) is 15.5. The van der Waals surface area contributed by atoms with Crippen LogP contribution < -0.4 is 4.74 Å². The number of carbonyl (C=O) groups excluding carboxylic acids is 1. The summed E-state index contributed by atoms with van der Waals surface area (Å²) in [5.41, 5.74) is 4.53. The molecule has 0 fully saturated rings. The summed E-state index contributed by atoms with van der Waals surface area (Å²) in [6.07, 6.45) is 2.21. The molecule has 6 unspecified atom stereocenters. The summed E-state index contributed by atoms with van der Waals surface area (Å²) >= 11 is 3.33. The number of amides is 1. The first-order chi connectivity index (χ1) is 28.5. The van der Waals surface area contributed by atoms with Crippen LogP contribution in [0.3, 0.4) is 0 Å². The number of fused-ring (bicyclic) bond motifs is 3. The molecule has 61 heavy (non-hydrogen) atoms. The Labute approximate surface area is 379 Å². The van der Waals surface area contributed by atoms with Crippen LogP contribution in [0.15, 0.2) is 102 Å². The van der Waals surface area contributed by atoms with Gasteiger partial charge in [-0.2, -0.15) is 13.2 Å². The predicted octanol–water partition coefficient (Wildman–Crippen LogP) is 14.8. The van der Waals surface area contributed by atoms with Crippen LogP contribution in [0.2, 0.25) is 0 Å². The molecule has 1 aromatic heterocycles. The van der Waals surface area contributed by atoms with Crippen molar-refractivity contribution in [3.8, 4) is 18.1 Å². The highest BCUT2D eigenvalue weighted by molar-refractivity contribution is 14.1. The van der Waals surface area contributed by atoms with Gasteiger partial charge in [-0.25, -0.2) is 0 Å². The van der Waals surface area contributed by atoms with E-state index in [0.717, 1.165) is 31.3 Å². The van der Waals surface area contributed by atoms with Crippen molar-refractivity contribution in [3.63, 3.8) is 0 Å². The molecule has 0 radical (unpaired) electrons. The minimum Gasteiger partial charge on any atom is -0.481 e. The Morgan fingerprint density at radius 1 is 0.803 bits per heavy atom. The van der Waals surface area contributed by atoms with Gasteiger partial charge in [0, 0.05) is 48.6 Å². The number of carbonyl (C=O) groups is 1. The fourth-order valence-corrected chi connectivity index (χ4v) is 11.0. The largest absolute Gasteiger partial charge is 0.481 e. The maximum atomic E-state index is 13.3. The molecule has 0 aliphatic heterocycles. The lowest BCUT2D eigenvalue weighted by Gasteiger charge is -2.46. The van der Waals surface area contributed by atoms with E-state index in [1.54, 1.807) is 12.1 Å². The summed E-state index contributed by atoms with van der Waals surface area (Å²) in [7, 11) is 1.06. The normalized spacial score (nSPS) is 15.8. The monoisotopic (exact) mass is 966 g/mol. The number of hydrogen-bond acceptors (Lipinski definition) is 4. The lowest BCUT2D eigenvalue weighted by molar-refractivity contribution is -0.202. The van der Waals surface area contributed by atoms with Crippen molar-refractivity contribution in [2.24, 2.45) is 28.1 Å². The van der Waals surface area contributed by atoms with Crippen LogP contribution in [-0.4, -0.2) is 38.8 Å². The Balaban J connectivity index is 1.58. The Hall–Kier alpha value is -3.66. The number of ether oxygens (including phenoxy) is 1. The molecule has 6 atom stereocenters. The van der Waals surface area contributed by atoms with Gasteiger partial charge < -0.3 is 9.30 Å². The van der Waals surface area contributed by atoms with E-state index < -0.39 is 12.1 Å². The van der Waals surface area contributed by atoms with E-state index in [0.29, 0.717) is 16.8 Å². The summed E-state index contributed by atoms with van der Waals surface area (Å²) in [5, 5.41) is 2.49. The van der Waals surface area contributed by atoms with Crippen molar-refractivity contribution in [2.75, 3.05) is 13.7 Å². The summed E-state index contributed by atoms with van der Waals surface area (Å²) in [6.45, 7) is 23.6. The minimum absolute atomic E-state index is 0.0208. The molecule has 0 N–H and O–H groups in total. The number of alkyl halides is 4. The van der Waals surface area contributed by atoms with Gasteiger partial charge >= 0.3 is 12.1 Å². The van der Waals surface area contributed by atoms with Crippen molar-refractivity contribution in [2.45, 2.75) is 115 Å². The highest BCUT2D eigenvalue weighted by Gasteiger charge is 2.45. The Morgan fingerprint density at radius 3 is 1.80 bits per heavy atom. The highest BCUT2D eigenvalue weighted by atomic mass is 127. The zero-order valence-electron chi connectivity index (χ0n) is 37.4. The quantitative estimate of drug-likeness (QED) is 0.0325. The second-order valence-corrected chi connectivity index (χ2v) is 21.8. The first kappa shape index (κ1) is 48.4. The number of terminal acetylenes is 1. The number of benzene rings is 4. The molecule has 5 nitrogen and oxygen atoms in total. The first-order valence-corrected chi connectivity index (χ1v) is 23.0. The van der Waals surface area contributed by atoms with Crippen LogP contribution in [0, 0.1) is 40.4 Å². The fraction of sp³-hybridized carbons (Fsp3) is 0.471. The van der Waals surface area contributed by atoms with E-state index in [1.165, 1.54) is 27.4 Å².